The number of nitrogens with one attached hydrogen (secondary N) is 2. The summed E-state index contributed by atoms with van der Waals surface area (Å²) in [5, 5.41) is 14.7. The first-order valence-corrected chi connectivity index (χ1v) is 13.1. The number of nitrogens with zero attached hydrogens (tertiary/aromatic N) is 3. The van der Waals surface area contributed by atoms with Gasteiger partial charge in [0.1, 0.15) is 0 Å². The molecule has 164 valence electrons. The predicted molar refractivity (Wildman–Crippen MR) is 122 cm³/mol. The molecule has 1 aromatic heterocycles. The van der Waals surface area contributed by atoms with E-state index in [2.05, 4.69) is 20.8 Å². The number of sulfonamides is 1. The number of hydrogen-bond acceptors (Lipinski definition) is 8. The number of anilines is 2. The van der Waals surface area contributed by atoms with E-state index in [-0.39, 0.29) is 10.8 Å². The van der Waals surface area contributed by atoms with Crippen LogP contribution in [0.2, 0.25) is 0 Å². The van der Waals surface area contributed by atoms with Crippen molar-refractivity contribution in [3.05, 3.63) is 23.8 Å². The lowest BCUT2D eigenvalue weighted by atomic mass is 10.2. The summed E-state index contributed by atoms with van der Waals surface area (Å²) >= 11 is 2.76. The summed E-state index contributed by atoms with van der Waals surface area (Å²) in [6.07, 6.45) is 2.31. The van der Waals surface area contributed by atoms with E-state index in [4.69, 9.17) is 0 Å². The average molecular weight is 470 g/mol. The van der Waals surface area contributed by atoms with Gasteiger partial charge in [-0.15, -0.1) is 10.2 Å². The van der Waals surface area contributed by atoms with Crippen LogP contribution in [0.3, 0.4) is 0 Å². The van der Waals surface area contributed by atoms with Gasteiger partial charge in [0.2, 0.25) is 21.1 Å². The van der Waals surface area contributed by atoms with E-state index in [0.717, 1.165) is 22.3 Å². The fourth-order valence-electron chi connectivity index (χ4n) is 2.83. The second-order valence-corrected chi connectivity index (χ2v) is 11.6. The second kappa shape index (κ2) is 9.63. The lowest BCUT2D eigenvalue weighted by molar-refractivity contribution is -0.115. The van der Waals surface area contributed by atoms with Crippen LogP contribution >= 0.6 is 23.1 Å². The number of benzene rings is 1. The van der Waals surface area contributed by atoms with Crippen LogP contribution in [-0.2, 0) is 14.8 Å². The van der Waals surface area contributed by atoms with Gasteiger partial charge < -0.3 is 10.6 Å². The smallest absolute Gasteiger partial charge is 0.243 e. The fourth-order valence-corrected chi connectivity index (χ4v) is 6.51. The van der Waals surface area contributed by atoms with Crippen LogP contribution in [0.5, 0.6) is 0 Å². The molecule has 1 heterocycles. The number of hydrogen-bond donors (Lipinski definition) is 2. The highest BCUT2D eigenvalue weighted by Gasteiger charge is 2.25. The Bertz CT molecular complexity index is 1000. The van der Waals surface area contributed by atoms with Gasteiger partial charge in [-0.1, -0.05) is 43.0 Å². The molecule has 0 bridgehead atoms. The number of carbonyl (C=O) groups excluding carboxylic acids is 1. The molecule has 2 N–H and O–H groups in total. The van der Waals surface area contributed by atoms with Crippen molar-refractivity contribution < 1.29 is 13.2 Å². The molecule has 1 fully saturated rings. The van der Waals surface area contributed by atoms with Crippen LogP contribution < -0.4 is 10.6 Å². The third kappa shape index (κ3) is 5.51. The molecular formula is C19H27N5O3S3. The molecule has 0 aliphatic heterocycles. The van der Waals surface area contributed by atoms with Gasteiger partial charge in [0.05, 0.1) is 10.1 Å². The molecule has 0 radical (unpaired) electrons. The molecule has 30 heavy (non-hydrogen) atoms. The molecule has 1 aliphatic carbocycles. The first-order valence-electron chi connectivity index (χ1n) is 9.93. The van der Waals surface area contributed by atoms with Gasteiger partial charge >= 0.3 is 0 Å². The van der Waals surface area contributed by atoms with Gasteiger partial charge in [-0.25, -0.2) is 8.42 Å². The second-order valence-electron chi connectivity index (χ2n) is 7.11. The molecule has 1 amide bonds. The quantitative estimate of drug-likeness (QED) is 0.513. The molecule has 2 aromatic rings. The molecule has 1 atom stereocenters. The maximum Gasteiger partial charge on any atom is 0.243 e. The molecule has 8 nitrogen and oxygen atoms in total. The van der Waals surface area contributed by atoms with Gasteiger partial charge in [-0.05, 0) is 44.4 Å². The zero-order valence-corrected chi connectivity index (χ0v) is 20.0. The fraction of sp³-hybridized carbons (Fsp3) is 0.526. The number of aromatic nitrogens is 2. The summed E-state index contributed by atoms with van der Waals surface area (Å²) in [7, 11) is -3.61. The van der Waals surface area contributed by atoms with Crippen molar-refractivity contribution in [3.63, 3.8) is 0 Å². The number of aryl methyl sites for hydroxylation is 1. The lowest BCUT2D eigenvalue weighted by Crippen LogP contribution is -2.31. The Morgan fingerprint density at radius 3 is 2.63 bits per heavy atom. The molecule has 1 unspecified atom stereocenters. The van der Waals surface area contributed by atoms with Gasteiger partial charge in [0.25, 0.3) is 0 Å². The number of rotatable bonds is 10. The van der Waals surface area contributed by atoms with Crippen LogP contribution in [0.4, 0.5) is 10.8 Å². The van der Waals surface area contributed by atoms with E-state index in [1.54, 1.807) is 39.8 Å². The number of thioether (sulfide) groups is 1. The van der Waals surface area contributed by atoms with Gasteiger partial charge in [-0.2, -0.15) is 4.31 Å². The normalized spacial score (nSPS) is 15.2. The number of amides is 1. The molecule has 1 aromatic carbocycles. The van der Waals surface area contributed by atoms with Crippen molar-refractivity contribution in [3.8, 4) is 0 Å². The molecule has 0 spiro atoms. The highest BCUT2D eigenvalue weighted by molar-refractivity contribution is 8.02. The van der Waals surface area contributed by atoms with Crippen LogP contribution in [-0.4, -0.2) is 53.2 Å². The molecular weight excluding hydrogens is 442 g/mol. The standard InChI is InChI=1S/C19H27N5O3S3/c1-5-24(6-2)30(26,27)16-11-15(8-7-12(16)3)20-17(25)13(4)28-19-23-22-18(29-19)21-14-9-10-14/h7-8,11,13-14H,5-6,9-10H2,1-4H3,(H,20,25)(H,21,22). The Balaban J connectivity index is 1.67. The van der Waals surface area contributed by atoms with E-state index in [1.165, 1.54) is 33.5 Å². The van der Waals surface area contributed by atoms with Crippen LogP contribution in [0.1, 0.15) is 39.2 Å². The van der Waals surface area contributed by atoms with Crippen molar-refractivity contribution in [1.29, 1.82) is 0 Å². The largest absolute Gasteiger partial charge is 0.357 e. The van der Waals surface area contributed by atoms with E-state index < -0.39 is 15.3 Å². The zero-order chi connectivity index (χ0) is 21.9. The molecule has 0 saturated heterocycles. The molecule has 11 heteroatoms. The monoisotopic (exact) mass is 469 g/mol. The minimum absolute atomic E-state index is 0.212. The third-order valence-corrected chi connectivity index (χ3v) is 8.97. The summed E-state index contributed by atoms with van der Waals surface area (Å²) in [6, 6.07) is 5.46. The SMILES string of the molecule is CCN(CC)S(=O)(=O)c1cc(NC(=O)C(C)Sc2nnc(NC3CC3)s2)ccc1C. The Kier molecular flexibility index (Phi) is 7.38. The van der Waals surface area contributed by atoms with Crippen molar-refractivity contribution in [2.75, 3.05) is 23.7 Å². The van der Waals surface area contributed by atoms with E-state index in [9.17, 15) is 13.2 Å². The maximum absolute atomic E-state index is 12.9. The Hall–Kier alpha value is -1.69. The average Bonchev–Trinajstić information content (AvgIpc) is 3.41. The van der Waals surface area contributed by atoms with Crippen LogP contribution in [0.25, 0.3) is 0 Å². The van der Waals surface area contributed by atoms with Gasteiger partial charge in [0, 0.05) is 24.8 Å². The first-order chi connectivity index (χ1) is 14.2. The van der Waals surface area contributed by atoms with E-state index in [0.29, 0.717) is 30.4 Å². The lowest BCUT2D eigenvalue weighted by Gasteiger charge is -2.20. The van der Waals surface area contributed by atoms with Crippen molar-refractivity contribution >= 4 is 49.8 Å². The van der Waals surface area contributed by atoms with Gasteiger partial charge in [0.15, 0.2) is 4.34 Å². The summed E-state index contributed by atoms with van der Waals surface area (Å²) in [5.74, 6) is -0.220. The number of carbonyl (C=O) groups is 1. The Labute approximate surface area is 185 Å². The van der Waals surface area contributed by atoms with Gasteiger partial charge in [-0.3, -0.25) is 4.79 Å². The topological polar surface area (TPSA) is 104 Å². The molecule has 1 aliphatic rings. The minimum Gasteiger partial charge on any atom is -0.357 e. The van der Waals surface area contributed by atoms with Crippen molar-refractivity contribution in [2.45, 2.75) is 61.1 Å². The third-order valence-electron chi connectivity index (χ3n) is 4.74. The van der Waals surface area contributed by atoms with E-state index in [1.807, 2.05) is 0 Å². The minimum atomic E-state index is -3.61. The van der Waals surface area contributed by atoms with E-state index >= 15 is 0 Å². The summed E-state index contributed by atoms with van der Waals surface area (Å²) < 4.78 is 27.9. The molecule has 3 rings (SSSR count). The maximum atomic E-state index is 12.9. The highest BCUT2D eigenvalue weighted by Crippen LogP contribution is 2.32. The predicted octanol–water partition coefficient (Wildman–Crippen LogP) is 3.57. The zero-order valence-electron chi connectivity index (χ0n) is 17.5. The van der Waals surface area contributed by atoms with Crippen LogP contribution in [0.15, 0.2) is 27.4 Å². The first kappa shape index (κ1) is 23.0. The summed E-state index contributed by atoms with van der Waals surface area (Å²) in [6.45, 7) is 7.93. The molecule has 1 saturated carbocycles. The summed E-state index contributed by atoms with van der Waals surface area (Å²) in [5.41, 5.74) is 1.10. The highest BCUT2D eigenvalue weighted by atomic mass is 32.2. The van der Waals surface area contributed by atoms with Crippen molar-refractivity contribution in [2.24, 2.45) is 0 Å². The summed E-state index contributed by atoms with van der Waals surface area (Å²) in [4.78, 5) is 12.9. The van der Waals surface area contributed by atoms with Crippen molar-refractivity contribution in [1.82, 2.24) is 14.5 Å². The van der Waals surface area contributed by atoms with Crippen LogP contribution in [0, 0.1) is 6.92 Å². The Morgan fingerprint density at radius 1 is 1.30 bits per heavy atom. The Morgan fingerprint density at radius 2 is 2.00 bits per heavy atom.